The van der Waals surface area contributed by atoms with Crippen molar-refractivity contribution in [2.24, 2.45) is 0 Å². The minimum absolute atomic E-state index is 0.0419. The Morgan fingerprint density at radius 3 is 1.90 bits per heavy atom. The van der Waals surface area contributed by atoms with Gasteiger partial charge in [-0.15, -0.1) is 0 Å². The van der Waals surface area contributed by atoms with E-state index in [1.54, 1.807) is 0 Å². The molecule has 0 aliphatic carbocycles. The van der Waals surface area contributed by atoms with Gasteiger partial charge in [0.2, 0.25) is 5.91 Å². The van der Waals surface area contributed by atoms with E-state index < -0.39 is 11.7 Å². The lowest BCUT2D eigenvalue weighted by Crippen LogP contribution is -2.27. The standard InChI is InChI=1S/C24H31BrN2O3/c1-16-14-18(9-11-20(16)26-22(28)8-6-7-13-25)19-10-12-21(17(2)15-19)27-23(29)30-24(3,4)5/h9-12,14-15H,6-8,13H2,1-5H3,(H,26,28)(H,27,29). The molecule has 2 rings (SSSR count). The first-order valence-corrected chi connectivity index (χ1v) is 11.3. The normalized spacial score (nSPS) is 11.1. The summed E-state index contributed by atoms with van der Waals surface area (Å²) in [5.74, 6) is 0.0419. The Kier molecular flexibility index (Phi) is 8.47. The van der Waals surface area contributed by atoms with Crippen molar-refractivity contribution in [2.45, 2.75) is 59.5 Å². The molecule has 0 saturated carbocycles. The molecule has 0 heterocycles. The summed E-state index contributed by atoms with van der Waals surface area (Å²) in [5.41, 5.74) is 5.06. The molecule has 30 heavy (non-hydrogen) atoms. The molecule has 2 aromatic rings. The molecule has 2 N–H and O–H groups in total. The molecule has 0 aliphatic rings. The van der Waals surface area contributed by atoms with E-state index in [0.717, 1.165) is 51.8 Å². The van der Waals surface area contributed by atoms with Crippen LogP contribution in [0.2, 0.25) is 0 Å². The molecule has 0 bridgehead atoms. The maximum Gasteiger partial charge on any atom is 0.412 e. The fourth-order valence-corrected chi connectivity index (χ4v) is 3.37. The molecule has 0 saturated heterocycles. The third kappa shape index (κ3) is 7.48. The van der Waals surface area contributed by atoms with Crippen molar-refractivity contribution in [3.63, 3.8) is 0 Å². The third-order valence-corrected chi connectivity index (χ3v) is 5.04. The fourth-order valence-electron chi connectivity index (χ4n) is 2.97. The van der Waals surface area contributed by atoms with Crippen molar-refractivity contribution in [1.29, 1.82) is 0 Å². The van der Waals surface area contributed by atoms with Gasteiger partial charge in [-0.1, -0.05) is 28.1 Å². The number of amides is 2. The number of hydrogen-bond donors (Lipinski definition) is 2. The van der Waals surface area contributed by atoms with Crippen LogP contribution in [0.5, 0.6) is 0 Å². The molecule has 6 heteroatoms. The predicted molar refractivity (Wildman–Crippen MR) is 127 cm³/mol. The molecule has 0 atom stereocenters. The van der Waals surface area contributed by atoms with Gasteiger partial charge in [0, 0.05) is 23.1 Å². The molecule has 5 nitrogen and oxygen atoms in total. The van der Waals surface area contributed by atoms with Crippen LogP contribution in [0.3, 0.4) is 0 Å². The highest BCUT2D eigenvalue weighted by molar-refractivity contribution is 9.09. The minimum atomic E-state index is -0.541. The number of carbonyl (C=O) groups is 2. The predicted octanol–water partition coefficient (Wildman–Crippen LogP) is 6.82. The number of unbranched alkanes of at least 4 members (excludes halogenated alkanes) is 1. The number of anilines is 2. The number of ether oxygens (including phenoxy) is 1. The van der Waals surface area contributed by atoms with Gasteiger partial charge < -0.3 is 10.1 Å². The first-order valence-electron chi connectivity index (χ1n) is 10.2. The van der Waals surface area contributed by atoms with Gasteiger partial charge in [0.1, 0.15) is 5.60 Å². The zero-order valence-corrected chi connectivity index (χ0v) is 20.0. The fraction of sp³-hybridized carbons (Fsp3) is 0.417. The Labute approximate surface area is 187 Å². The molecule has 0 aliphatic heterocycles. The molecule has 2 amide bonds. The number of halogens is 1. The van der Waals surface area contributed by atoms with Gasteiger partial charge in [0.05, 0.1) is 0 Å². The topological polar surface area (TPSA) is 67.4 Å². The van der Waals surface area contributed by atoms with Crippen LogP contribution in [0.25, 0.3) is 11.1 Å². The van der Waals surface area contributed by atoms with Gasteiger partial charge in [-0.05, 0) is 94.0 Å². The highest BCUT2D eigenvalue weighted by Crippen LogP contribution is 2.28. The highest BCUT2D eigenvalue weighted by atomic mass is 79.9. The zero-order chi connectivity index (χ0) is 22.3. The second-order valence-corrected chi connectivity index (χ2v) is 9.17. The molecule has 162 valence electrons. The highest BCUT2D eigenvalue weighted by Gasteiger charge is 2.17. The van der Waals surface area contributed by atoms with Gasteiger partial charge in [0.25, 0.3) is 0 Å². The van der Waals surface area contributed by atoms with Crippen LogP contribution in [-0.4, -0.2) is 22.9 Å². The number of alkyl halides is 1. The number of carbonyl (C=O) groups excluding carboxylic acids is 2. The number of rotatable bonds is 7. The van der Waals surface area contributed by atoms with Crippen molar-refractivity contribution in [2.75, 3.05) is 16.0 Å². The van der Waals surface area contributed by atoms with Gasteiger partial charge >= 0.3 is 6.09 Å². The summed E-state index contributed by atoms with van der Waals surface area (Å²) in [7, 11) is 0. The number of aryl methyl sites for hydroxylation is 2. The van der Waals surface area contributed by atoms with E-state index in [1.165, 1.54) is 0 Å². The number of hydrogen-bond acceptors (Lipinski definition) is 3. The lowest BCUT2D eigenvalue weighted by Gasteiger charge is -2.20. The molecule has 0 fully saturated rings. The summed E-state index contributed by atoms with van der Waals surface area (Å²) in [4.78, 5) is 24.1. The Balaban J connectivity index is 2.09. The number of nitrogens with one attached hydrogen (secondary N) is 2. The Hall–Kier alpha value is -2.34. The maximum atomic E-state index is 12.1. The van der Waals surface area contributed by atoms with Gasteiger partial charge in [-0.25, -0.2) is 4.79 Å². The molecule has 2 aromatic carbocycles. The summed E-state index contributed by atoms with van der Waals surface area (Å²) >= 11 is 3.38. The average molecular weight is 475 g/mol. The Morgan fingerprint density at radius 1 is 0.900 bits per heavy atom. The van der Waals surface area contributed by atoms with Crippen LogP contribution in [0, 0.1) is 13.8 Å². The van der Waals surface area contributed by atoms with Crippen LogP contribution in [-0.2, 0) is 9.53 Å². The van der Waals surface area contributed by atoms with Gasteiger partial charge in [-0.2, -0.15) is 0 Å². The lowest BCUT2D eigenvalue weighted by molar-refractivity contribution is -0.116. The quantitative estimate of drug-likeness (QED) is 0.341. The second-order valence-electron chi connectivity index (χ2n) is 8.38. The van der Waals surface area contributed by atoms with E-state index >= 15 is 0 Å². The smallest absolute Gasteiger partial charge is 0.412 e. The first-order chi connectivity index (χ1) is 14.1. The van der Waals surface area contributed by atoms with Crippen molar-refractivity contribution in [3.8, 4) is 11.1 Å². The van der Waals surface area contributed by atoms with E-state index in [2.05, 4.69) is 32.6 Å². The minimum Gasteiger partial charge on any atom is -0.444 e. The lowest BCUT2D eigenvalue weighted by atomic mass is 10.00. The largest absolute Gasteiger partial charge is 0.444 e. The first kappa shape index (κ1) is 23.9. The van der Waals surface area contributed by atoms with E-state index in [9.17, 15) is 9.59 Å². The Bertz CT molecular complexity index is 904. The van der Waals surface area contributed by atoms with Crippen LogP contribution in [0.1, 0.15) is 51.2 Å². The Morgan fingerprint density at radius 2 is 1.43 bits per heavy atom. The van der Waals surface area contributed by atoms with Crippen LogP contribution < -0.4 is 10.6 Å². The van der Waals surface area contributed by atoms with E-state index in [1.807, 2.05) is 65.0 Å². The van der Waals surface area contributed by atoms with Crippen molar-refractivity contribution in [1.82, 2.24) is 0 Å². The molecule has 0 spiro atoms. The average Bonchev–Trinajstić information content (AvgIpc) is 2.64. The van der Waals surface area contributed by atoms with Gasteiger partial charge in [-0.3, -0.25) is 10.1 Å². The summed E-state index contributed by atoms with van der Waals surface area (Å²) in [6.07, 6.45) is 1.92. The van der Waals surface area contributed by atoms with E-state index in [4.69, 9.17) is 4.74 Å². The van der Waals surface area contributed by atoms with Gasteiger partial charge in [0.15, 0.2) is 0 Å². The van der Waals surface area contributed by atoms with Crippen LogP contribution in [0.15, 0.2) is 36.4 Å². The summed E-state index contributed by atoms with van der Waals surface area (Å²) < 4.78 is 5.32. The zero-order valence-electron chi connectivity index (χ0n) is 18.4. The summed E-state index contributed by atoms with van der Waals surface area (Å²) in [6, 6.07) is 11.9. The van der Waals surface area contributed by atoms with Crippen molar-refractivity contribution < 1.29 is 14.3 Å². The SMILES string of the molecule is Cc1cc(-c2ccc(NC(=O)OC(C)(C)C)c(C)c2)ccc1NC(=O)CCCCBr. The maximum absolute atomic E-state index is 12.1. The molecule has 0 radical (unpaired) electrons. The van der Waals surface area contributed by atoms with Crippen molar-refractivity contribution >= 4 is 39.3 Å². The van der Waals surface area contributed by atoms with Crippen LogP contribution >= 0.6 is 15.9 Å². The second kappa shape index (κ2) is 10.6. The molecule has 0 aromatic heterocycles. The number of benzene rings is 2. The third-order valence-electron chi connectivity index (χ3n) is 4.48. The molecular formula is C24H31BrN2O3. The monoisotopic (exact) mass is 474 g/mol. The van der Waals surface area contributed by atoms with Crippen molar-refractivity contribution in [3.05, 3.63) is 47.5 Å². The molecular weight excluding hydrogens is 444 g/mol. The van der Waals surface area contributed by atoms with Crippen LogP contribution in [0.4, 0.5) is 16.2 Å². The molecule has 0 unspecified atom stereocenters. The summed E-state index contributed by atoms with van der Waals surface area (Å²) in [6.45, 7) is 9.44. The van der Waals surface area contributed by atoms with E-state index in [0.29, 0.717) is 6.42 Å². The summed E-state index contributed by atoms with van der Waals surface area (Å²) in [5, 5.41) is 6.71. The van der Waals surface area contributed by atoms with E-state index in [-0.39, 0.29) is 5.91 Å².